The average molecular weight is 195 g/mol. The zero-order valence-corrected chi connectivity index (χ0v) is 8.92. The van der Waals surface area contributed by atoms with Crippen LogP contribution in [0, 0.1) is 6.92 Å². The van der Waals surface area contributed by atoms with Crippen molar-refractivity contribution in [3.63, 3.8) is 0 Å². The van der Waals surface area contributed by atoms with Crippen LogP contribution in [0.1, 0.15) is 36.8 Å². The molecule has 0 spiro atoms. The summed E-state index contributed by atoms with van der Waals surface area (Å²) in [4.78, 5) is 18.7. The second kappa shape index (κ2) is 4.37. The first kappa shape index (κ1) is 10.9. The Morgan fingerprint density at radius 1 is 1.50 bits per heavy atom. The second-order valence-corrected chi connectivity index (χ2v) is 3.72. The van der Waals surface area contributed by atoms with E-state index in [4.69, 9.17) is 5.73 Å². The van der Waals surface area contributed by atoms with Crippen molar-refractivity contribution < 1.29 is 0 Å². The Labute approximate surface area is 83.6 Å². The molecule has 4 nitrogen and oxygen atoms in total. The van der Waals surface area contributed by atoms with Crippen LogP contribution in [0.4, 0.5) is 0 Å². The maximum absolute atomic E-state index is 11.5. The van der Waals surface area contributed by atoms with Crippen molar-refractivity contribution in [3.8, 4) is 0 Å². The summed E-state index contributed by atoms with van der Waals surface area (Å²) in [6, 6.07) is 0. The summed E-state index contributed by atoms with van der Waals surface area (Å²) in [7, 11) is 0. The van der Waals surface area contributed by atoms with E-state index in [1.54, 1.807) is 6.92 Å². The highest BCUT2D eigenvalue weighted by Gasteiger charge is 2.08. The van der Waals surface area contributed by atoms with E-state index in [1.165, 1.54) is 0 Å². The van der Waals surface area contributed by atoms with Gasteiger partial charge in [0.2, 0.25) is 0 Å². The van der Waals surface area contributed by atoms with Crippen LogP contribution in [-0.4, -0.2) is 16.5 Å². The van der Waals surface area contributed by atoms with Gasteiger partial charge in [-0.2, -0.15) is 0 Å². The molecule has 4 heteroatoms. The number of nitrogens with zero attached hydrogens (tertiary/aromatic N) is 1. The molecule has 3 N–H and O–H groups in total. The summed E-state index contributed by atoms with van der Waals surface area (Å²) in [5, 5.41) is 0. The van der Waals surface area contributed by atoms with Crippen molar-refractivity contribution in [2.45, 2.75) is 33.1 Å². The molecular weight excluding hydrogens is 178 g/mol. The highest BCUT2D eigenvalue weighted by atomic mass is 16.1. The van der Waals surface area contributed by atoms with E-state index < -0.39 is 0 Å². The fourth-order valence-corrected chi connectivity index (χ4v) is 1.25. The van der Waals surface area contributed by atoms with Gasteiger partial charge in [0, 0.05) is 17.9 Å². The Bertz CT molecular complexity index is 368. The predicted octanol–water partition coefficient (Wildman–Crippen LogP) is 0.703. The highest BCUT2D eigenvalue weighted by Crippen LogP contribution is 2.08. The van der Waals surface area contributed by atoms with E-state index in [-0.39, 0.29) is 11.5 Å². The van der Waals surface area contributed by atoms with Gasteiger partial charge >= 0.3 is 0 Å². The quantitative estimate of drug-likeness (QED) is 0.745. The molecule has 0 amide bonds. The van der Waals surface area contributed by atoms with Crippen LogP contribution in [0.5, 0.6) is 0 Å². The van der Waals surface area contributed by atoms with E-state index >= 15 is 0 Å². The average Bonchev–Trinajstić information content (AvgIpc) is 2.12. The summed E-state index contributed by atoms with van der Waals surface area (Å²) in [6.45, 7) is 6.30. The summed E-state index contributed by atoms with van der Waals surface area (Å²) in [5.41, 5.74) is 6.90. The highest BCUT2D eigenvalue weighted by molar-refractivity contribution is 5.17. The third-order valence-corrected chi connectivity index (χ3v) is 2.20. The number of aromatic nitrogens is 2. The lowest BCUT2D eigenvalue weighted by atomic mass is 10.1. The van der Waals surface area contributed by atoms with Gasteiger partial charge in [-0.15, -0.1) is 0 Å². The van der Waals surface area contributed by atoms with Gasteiger partial charge in [0.1, 0.15) is 5.82 Å². The topological polar surface area (TPSA) is 71.8 Å². The monoisotopic (exact) mass is 195 g/mol. The minimum Gasteiger partial charge on any atom is -0.330 e. The Hall–Kier alpha value is -1.16. The van der Waals surface area contributed by atoms with Crippen LogP contribution in [-0.2, 0) is 6.42 Å². The van der Waals surface area contributed by atoms with Crippen molar-refractivity contribution in [1.29, 1.82) is 0 Å². The molecule has 1 rings (SSSR count). The number of H-pyrrole nitrogens is 1. The van der Waals surface area contributed by atoms with Crippen LogP contribution in [0.25, 0.3) is 0 Å². The molecular formula is C10H17N3O. The van der Waals surface area contributed by atoms with Crippen LogP contribution < -0.4 is 11.3 Å². The van der Waals surface area contributed by atoms with E-state index in [9.17, 15) is 4.79 Å². The third-order valence-electron chi connectivity index (χ3n) is 2.20. The molecule has 0 aliphatic heterocycles. The van der Waals surface area contributed by atoms with Gasteiger partial charge in [0.05, 0.1) is 5.69 Å². The first-order valence-electron chi connectivity index (χ1n) is 4.86. The number of aromatic amines is 1. The molecule has 0 fully saturated rings. The molecule has 1 aromatic heterocycles. The minimum atomic E-state index is -0.0489. The van der Waals surface area contributed by atoms with Crippen molar-refractivity contribution in [2.75, 3.05) is 6.54 Å². The molecule has 0 saturated heterocycles. The van der Waals surface area contributed by atoms with Crippen molar-refractivity contribution in [1.82, 2.24) is 9.97 Å². The molecule has 0 aromatic carbocycles. The zero-order chi connectivity index (χ0) is 10.7. The number of hydrogen-bond acceptors (Lipinski definition) is 3. The molecule has 0 aliphatic carbocycles. The molecule has 0 bridgehead atoms. The maximum atomic E-state index is 11.5. The molecule has 0 aliphatic rings. The summed E-state index contributed by atoms with van der Waals surface area (Å²) < 4.78 is 0. The van der Waals surface area contributed by atoms with Crippen LogP contribution in [0.2, 0.25) is 0 Å². The van der Waals surface area contributed by atoms with Gasteiger partial charge in [-0.3, -0.25) is 4.79 Å². The van der Waals surface area contributed by atoms with Crippen LogP contribution >= 0.6 is 0 Å². The molecule has 0 saturated carbocycles. The standard InChI is InChI=1S/C10H17N3O/c1-6(2)9-12-8(4-5-11)7(3)10(14)13-9/h6H,4-5,11H2,1-3H3,(H,12,13,14). The molecule has 0 unspecified atom stereocenters. The van der Waals surface area contributed by atoms with Crippen LogP contribution in [0.3, 0.4) is 0 Å². The second-order valence-electron chi connectivity index (χ2n) is 3.72. The lowest BCUT2D eigenvalue weighted by molar-refractivity contribution is 0.738. The molecule has 0 atom stereocenters. The predicted molar refractivity (Wildman–Crippen MR) is 56.4 cm³/mol. The normalized spacial score (nSPS) is 10.9. The Morgan fingerprint density at radius 2 is 2.14 bits per heavy atom. The smallest absolute Gasteiger partial charge is 0.254 e. The van der Waals surface area contributed by atoms with Crippen molar-refractivity contribution in [3.05, 3.63) is 27.4 Å². The Balaban J connectivity index is 3.21. The van der Waals surface area contributed by atoms with Gasteiger partial charge in [0.15, 0.2) is 0 Å². The first-order chi connectivity index (χ1) is 6.56. The van der Waals surface area contributed by atoms with Gasteiger partial charge in [-0.05, 0) is 13.5 Å². The van der Waals surface area contributed by atoms with Gasteiger partial charge in [0.25, 0.3) is 5.56 Å². The lowest BCUT2D eigenvalue weighted by Crippen LogP contribution is -2.20. The number of rotatable bonds is 3. The third kappa shape index (κ3) is 2.20. The molecule has 0 radical (unpaired) electrons. The fraction of sp³-hybridized carbons (Fsp3) is 0.600. The van der Waals surface area contributed by atoms with E-state index in [2.05, 4.69) is 9.97 Å². The van der Waals surface area contributed by atoms with E-state index in [0.717, 1.165) is 11.5 Å². The first-order valence-corrected chi connectivity index (χ1v) is 4.86. The largest absolute Gasteiger partial charge is 0.330 e. The Kier molecular flexibility index (Phi) is 3.41. The van der Waals surface area contributed by atoms with Crippen LogP contribution in [0.15, 0.2) is 4.79 Å². The minimum absolute atomic E-state index is 0.0489. The van der Waals surface area contributed by atoms with E-state index in [1.807, 2.05) is 13.8 Å². The van der Waals surface area contributed by atoms with Crippen molar-refractivity contribution in [2.24, 2.45) is 5.73 Å². The van der Waals surface area contributed by atoms with E-state index in [0.29, 0.717) is 18.5 Å². The molecule has 14 heavy (non-hydrogen) atoms. The summed E-state index contributed by atoms with van der Waals surface area (Å²) in [5.74, 6) is 0.976. The van der Waals surface area contributed by atoms with Gasteiger partial charge in [-0.25, -0.2) is 4.98 Å². The number of hydrogen-bond donors (Lipinski definition) is 2. The maximum Gasteiger partial charge on any atom is 0.254 e. The number of nitrogens with two attached hydrogens (primary N) is 1. The summed E-state index contributed by atoms with van der Waals surface area (Å²) >= 11 is 0. The van der Waals surface area contributed by atoms with Gasteiger partial charge in [-0.1, -0.05) is 13.8 Å². The number of nitrogens with one attached hydrogen (secondary N) is 1. The fourth-order valence-electron chi connectivity index (χ4n) is 1.25. The molecule has 78 valence electrons. The van der Waals surface area contributed by atoms with Gasteiger partial charge < -0.3 is 10.7 Å². The zero-order valence-electron chi connectivity index (χ0n) is 8.92. The molecule has 1 heterocycles. The lowest BCUT2D eigenvalue weighted by Gasteiger charge is -2.08. The SMILES string of the molecule is Cc1c(CCN)nc(C(C)C)[nH]c1=O. The summed E-state index contributed by atoms with van der Waals surface area (Å²) in [6.07, 6.45) is 0.662. The molecule has 1 aromatic rings. The Morgan fingerprint density at radius 3 is 2.64 bits per heavy atom. The van der Waals surface area contributed by atoms with Crippen molar-refractivity contribution >= 4 is 0 Å².